The van der Waals surface area contributed by atoms with Crippen molar-refractivity contribution < 1.29 is 27.5 Å². The van der Waals surface area contributed by atoms with Gasteiger partial charge in [-0.15, -0.1) is 0 Å². The van der Waals surface area contributed by atoms with Gasteiger partial charge in [-0.2, -0.15) is 4.31 Å². The number of carbonyl (C=O) groups is 2. The molecule has 0 spiro atoms. The van der Waals surface area contributed by atoms with Crippen molar-refractivity contribution >= 4 is 48.6 Å². The Morgan fingerprint density at radius 1 is 1.19 bits per heavy atom. The second-order valence-corrected chi connectivity index (χ2v) is 10.1. The molecule has 32 heavy (non-hydrogen) atoms. The SMILES string of the molecule is Cc1ccc2nc(NC(=O)COC(=O)c3cccc(S(=O)(=O)N4CCOCC4)c3)sc2c1. The Balaban J connectivity index is 1.38. The van der Waals surface area contributed by atoms with Crippen LogP contribution in [0.3, 0.4) is 0 Å². The van der Waals surface area contributed by atoms with E-state index in [4.69, 9.17) is 9.47 Å². The van der Waals surface area contributed by atoms with Crippen LogP contribution in [0.25, 0.3) is 10.2 Å². The van der Waals surface area contributed by atoms with Gasteiger partial charge in [0, 0.05) is 13.1 Å². The van der Waals surface area contributed by atoms with E-state index in [1.165, 1.54) is 39.9 Å². The third kappa shape index (κ3) is 4.96. The third-order valence-electron chi connectivity index (χ3n) is 4.80. The molecule has 1 aliphatic rings. The van der Waals surface area contributed by atoms with Crippen molar-refractivity contribution in [3.8, 4) is 0 Å². The number of esters is 1. The Hall–Kier alpha value is -2.86. The van der Waals surface area contributed by atoms with Gasteiger partial charge in [-0.1, -0.05) is 23.5 Å². The van der Waals surface area contributed by atoms with E-state index in [0.717, 1.165) is 15.8 Å². The summed E-state index contributed by atoms with van der Waals surface area (Å²) in [6, 6.07) is 11.4. The largest absolute Gasteiger partial charge is 0.452 e. The molecule has 1 amide bonds. The molecule has 4 rings (SSSR count). The number of morpholine rings is 1. The number of benzene rings is 2. The number of aromatic nitrogens is 1. The number of anilines is 1. The van der Waals surface area contributed by atoms with Crippen molar-refractivity contribution in [3.05, 3.63) is 53.6 Å². The number of amides is 1. The second kappa shape index (κ2) is 9.33. The summed E-state index contributed by atoms with van der Waals surface area (Å²) in [7, 11) is -3.75. The van der Waals surface area contributed by atoms with Crippen molar-refractivity contribution in [3.63, 3.8) is 0 Å². The molecule has 2 heterocycles. The Labute approximate surface area is 189 Å². The van der Waals surface area contributed by atoms with Crippen molar-refractivity contribution in [1.29, 1.82) is 0 Å². The van der Waals surface area contributed by atoms with Crippen LogP contribution in [0.1, 0.15) is 15.9 Å². The quantitative estimate of drug-likeness (QED) is 0.545. The summed E-state index contributed by atoms with van der Waals surface area (Å²) in [5.41, 5.74) is 1.90. The highest BCUT2D eigenvalue weighted by atomic mass is 32.2. The van der Waals surface area contributed by atoms with Crippen LogP contribution < -0.4 is 5.32 Å². The fourth-order valence-corrected chi connectivity index (χ4v) is 5.61. The van der Waals surface area contributed by atoms with E-state index in [1.807, 2.05) is 25.1 Å². The van der Waals surface area contributed by atoms with Crippen LogP contribution >= 0.6 is 11.3 Å². The zero-order chi connectivity index (χ0) is 22.7. The van der Waals surface area contributed by atoms with Crippen LogP contribution in [0.15, 0.2) is 47.4 Å². The first kappa shape index (κ1) is 22.3. The molecule has 0 unspecified atom stereocenters. The third-order valence-corrected chi connectivity index (χ3v) is 7.63. The molecule has 0 radical (unpaired) electrons. The van der Waals surface area contributed by atoms with E-state index in [-0.39, 0.29) is 23.5 Å². The minimum absolute atomic E-state index is 0.0110. The molecular formula is C21H21N3O6S2. The molecule has 9 nitrogen and oxygen atoms in total. The highest BCUT2D eigenvalue weighted by molar-refractivity contribution is 7.89. The first-order chi connectivity index (χ1) is 15.3. The number of hydrogen-bond acceptors (Lipinski definition) is 8. The molecule has 0 atom stereocenters. The number of fused-ring (bicyclic) bond motifs is 1. The number of carbonyl (C=O) groups excluding carboxylic acids is 2. The molecule has 2 aromatic carbocycles. The Morgan fingerprint density at radius 2 is 1.97 bits per heavy atom. The van der Waals surface area contributed by atoms with Gasteiger partial charge in [-0.05, 0) is 42.8 Å². The van der Waals surface area contributed by atoms with Crippen LogP contribution in [0.4, 0.5) is 5.13 Å². The van der Waals surface area contributed by atoms with Gasteiger partial charge in [-0.3, -0.25) is 10.1 Å². The summed E-state index contributed by atoms with van der Waals surface area (Å²) >= 11 is 1.32. The van der Waals surface area contributed by atoms with E-state index in [9.17, 15) is 18.0 Å². The lowest BCUT2D eigenvalue weighted by Crippen LogP contribution is -2.40. The van der Waals surface area contributed by atoms with Crippen LogP contribution in [-0.4, -0.2) is 62.5 Å². The summed E-state index contributed by atoms with van der Waals surface area (Å²) in [5, 5.41) is 3.02. The van der Waals surface area contributed by atoms with Gasteiger partial charge in [0.15, 0.2) is 11.7 Å². The number of nitrogens with zero attached hydrogens (tertiary/aromatic N) is 2. The fourth-order valence-electron chi connectivity index (χ4n) is 3.17. The molecule has 0 aliphatic carbocycles. The van der Waals surface area contributed by atoms with E-state index in [2.05, 4.69) is 10.3 Å². The van der Waals surface area contributed by atoms with Crippen LogP contribution in [0, 0.1) is 6.92 Å². The van der Waals surface area contributed by atoms with Crippen molar-refractivity contribution in [2.75, 3.05) is 38.2 Å². The monoisotopic (exact) mass is 475 g/mol. The average molecular weight is 476 g/mol. The van der Waals surface area contributed by atoms with Crippen LogP contribution in [0.5, 0.6) is 0 Å². The van der Waals surface area contributed by atoms with Crippen LogP contribution in [0.2, 0.25) is 0 Å². The number of aryl methyl sites for hydroxylation is 1. The normalized spacial score (nSPS) is 14.9. The summed E-state index contributed by atoms with van der Waals surface area (Å²) in [4.78, 5) is 28.9. The Bertz CT molecular complexity index is 1270. The molecule has 0 saturated carbocycles. The van der Waals surface area contributed by atoms with E-state index >= 15 is 0 Å². The molecule has 3 aromatic rings. The van der Waals surface area contributed by atoms with E-state index < -0.39 is 28.5 Å². The molecule has 168 valence electrons. The molecular weight excluding hydrogens is 454 g/mol. The summed E-state index contributed by atoms with van der Waals surface area (Å²) in [5.74, 6) is -1.33. The molecule has 1 N–H and O–H groups in total. The van der Waals surface area contributed by atoms with Gasteiger partial charge in [0.2, 0.25) is 10.0 Å². The minimum atomic E-state index is -3.75. The van der Waals surface area contributed by atoms with Gasteiger partial charge < -0.3 is 9.47 Å². The van der Waals surface area contributed by atoms with Crippen LogP contribution in [-0.2, 0) is 24.3 Å². The number of rotatable bonds is 6. The predicted molar refractivity (Wildman–Crippen MR) is 119 cm³/mol. The zero-order valence-electron chi connectivity index (χ0n) is 17.2. The van der Waals surface area contributed by atoms with Crippen molar-refractivity contribution in [2.45, 2.75) is 11.8 Å². The standard InChI is InChI=1S/C21H21N3O6S2/c1-14-5-6-17-18(11-14)31-21(22-17)23-19(25)13-30-20(26)15-3-2-4-16(12-15)32(27,28)24-7-9-29-10-8-24/h2-6,11-12H,7-10,13H2,1H3,(H,22,23,25). The molecule has 1 aromatic heterocycles. The molecule has 1 saturated heterocycles. The average Bonchev–Trinajstić information content (AvgIpc) is 3.19. The molecule has 11 heteroatoms. The highest BCUT2D eigenvalue weighted by Crippen LogP contribution is 2.26. The van der Waals surface area contributed by atoms with E-state index in [1.54, 1.807) is 0 Å². The first-order valence-corrected chi connectivity index (χ1v) is 12.1. The smallest absolute Gasteiger partial charge is 0.338 e. The Kier molecular flexibility index (Phi) is 6.51. The second-order valence-electron chi connectivity index (χ2n) is 7.16. The minimum Gasteiger partial charge on any atom is -0.452 e. The number of hydrogen-bond donors (Lipinski definition) is 1. The Morgan fingerprint density at radius 3 is 2.75 bits per heavy atom. The lowest BCUT2D eigenvalue weighted by molar-refractivity contribution is -0.119. The lowest BCUT2D eigenvalue weighted by atomic mass is 10.2. The van der Waals surface area contributed by atoms with Crippen molar-refractivity contribution in [2.24, 2.45) is 0 Å². The lowest BCUT2D eigenvalue weighted by Gasteiger charge is -2.26. The topological polar surface area (TPSA) is 115 Å². The number of nitrogens with one attached hydrogen (secondary N) is 1. The first-order valence-electron chi connectivity index (χ1n) is 9.85. The van der Waals surface area contributed by atoms with E-state index in [0.29, 0.717) is 18.3 Å². The molecule has 1 aliphatic heterocycles. The van der Waals surface area contributed by atoms with Gasteiger partial charge in [-0.25, -0.2) is 18.2 Å². The maximum atomic E-state index is 12.8. The maximum absolute atomic E-state index is 12.8. The summed E-state index contributed by atoms with van der Waals surface area (Å²) in [6.07, 6.45) is 0. The highest BCUT2D eigenvalue weighted by Gasteiger charge is 2.27. The number of thiazole rings is 1. The fraction of sp³-hybridized carbons (Fsp3) is 0.286. The van der Waals surface area contributed by atoms with Gasteiger partial charge in [0.05, 0.1) is 33.9 Å². The summed E-state index contributed by atoms with van der Waals surface area (Å²) < 4.78 is 38.1. The van der Waals surface area contributed by atoms with Gasteiger partial charge in [0.1, 0.15) is 0 Å². The number of ether oxygens (including phenoxy) is 2. The predicted octanol–water partition coefficient (Wildman–Crippen LogP) is 2.42. The van der Waals surface area contributed by atoms with Gasteiger partial charge in [0.25, 0.3) is 5.91 Å². The maximum Gasteiger partial charge on any atom is 0.338 e. The number of sulfonamides is 1. The van der Waals surface area contributed by atoms with Crippen molar-refractivity contribution in [1.82, 2.24) is 9.29 Å². The zero-order valence-corrected chi connectivity index (χ0v) is 18.9. The summed E-state index contributed by atoms with van der Waals surface area (Å²) in [6.45, 7) is 2.60. The van der Waals surface area contributed by atoms with Gasteiger partial charge >= 0.3 is 5.97 Å². The molecule has 1 fully saturated rings. The molecule has 0 bridgehead atoms.